The van der Waals surface area contributed by atoms with Crippen LogP contribution in [0.1, 0.15) is 144 Å². The van der Waals surface area contributed by atoms with Crippen LogP contribution in [0.5, 0.6) is 0 Å². The predicted octanol–water partition coefficient (Wildman–Crippen LogP) is 8.89. The van der Waals surface area contributed by atoms with Crippen molar-refractivity contribution in [1.29, 1.82) is 0 Å². The van der Waals surface area contributed by atoms with E-state index in [4.69, 9.17) is 18.9 Å². The van der Waals surface area contributed by atoms with Crippen LogP contribution in [0.3, 0.4) is 0 Å². The van der Waals surface area contributed by atoms with Crippen molar-refractivity contribution in [2.24, 2.45) is 0 Å². The fourth-order valence-electron chi connectivity index (χ4n) is 4.83. The van der Waals surface area contributed by atoms with E-state index in [0.29, 0.717) is 32.7 Å². The van der Waals surface area contributed by atoms with Gasteiger partial charge in [0.15, 0.2) is 5.60 Å². The van der Waals surface area contributed by atoms with Crippen molar-refractivity contribution >= 4 is 5.97 Å². The number of rotatable bonds is 26. The molecule has 0 aliphatic rings. The van der Waals surface area contributed by atoms with Crippen LogP contribution in [0.25, 0.3) is 0 Å². The quantitative estimate of drug-likeness (QED) is 0.0516. The minimum Gasteiger partial charge on any atom is -0.447 e. The SMILES string of the molecule is C=CC(=O)OC(CCCCCCCCC)(CCCCCCCCCC)C(OCC)(OCC)OCC. The molecule has 0 amide bonds. The van der Waals surface area contributed by atoms with Gasteiger partial charge in [0.1, 0.15) is 0 Å². The van der Waals surface area contributed by atoms with E-state index in [9.17, 15) is 4.79 Å². The summed E-state index contributed by atoms with van der Waals surface area (Å²) in [4.78, 5) is 12.6. The number of carbonyl (C=O) groups excluding carboxylic acids is 1. The van der Waals surface area contributed by atoms with E-state index in [1.807, 2.05) is 20.8 Å². The van der Waals surface area contributed by atoms with Crippen LogP contribution in [0.15, 0.2) is 12.7 Å². The number of unbranched alkanes of at least 4 members (excludes halogenated alkanes) is 13. The van der Waals surface area contributed by atoms with Crippen molar-refractivity contribution in [2.45, 2.75) is 155 Å². The first kappa shape index (κ1) is 34.1. The average Bonchev–Trinajstić information content (AvgIpc) is 2.85. The van der Waals surface area contributed by atoms with Crippen LogP contribution in [0.4, 0.5) is 0 Å². The highest BCUT2D eigenvalue weighted by Crippen LogP contribution is 2.42. The second-order valence-corrected chi connectivity index (χ2v) is 9.57. The van der Waals surface area contributed by atoms with Gasteiger partial charge >= 0.3 is 11.9 Å². The lowest BCUT2D eigenvalue weighted by molar-refractivity contribution is -0.440. The Morgan fingerprint density at radius 2 is 0.943 bits per heavy atom. The van der Waals surface area contributed by atoms with Gasteiger partial charge in [-0.1, -0.05) is 104 Å². The Morgan fingerprint density at radius 1 is 0.600 bits per heavy atom. The fourth-order valence-corrected chi connectivity index (χ4v) is 4.83. The molecular formula is C30H58O5. The van der Waals surface area contributed by atoms with E-state index in [1.165, 1.54) is 76.7 Å². The first-order valence-electron chi connectivity index (χ1n) is 14.8. The molecule has 0 heterocycles. The van der Waals surface area contributed by atoms with Gasteiger partial charge in [0.2, 0.25) is 0 Å². The maximum Gasteiger partial charge on any atom is 0.330 e. The molecule has 0 aliphatic carbocycles. The third kappa shape index (κ3) is 13.8. The van der Waals surface area contributed by atoms with Crippen LogP contribution >= 0.6 is 0 Å². The van der Waals surface area contributed by atoms with Crippen LogP contribution in [-0.4, -0.2) is 37.4 Å². The summed E-state index contributed by atoms with van der Waals surface area (Å²) in [7, 11) is 0. The Bertz CT molecular complexity index is 490. The van der Waals surface area contributed by atoms with Crippen LogP contribution in [0.2, 0.25) is 0 Å². The lowest BCUT2D eigenvalue weighted by atomic mass is 9.86. The van der Waals surface area contributed by atoms with E-state index in [1.54, 1.807) is 0 Å². The molecule has 5 heteroatoms. The smallest absolute Gasteiger partial charge is 0.330 e. The van der Waals surface area contributed by atoms with Gasteiger partial charge in [0, 0.05) is 25.9 Å². The summed E-state index contributed by atoms with van der Waals surface area (Å²) in [5.41, 5.74) is -1.01. The van der Waals surface area contributed by atoms with Gasteiger partial charge in [-0.2, -0.15) is 0 Å². The minimum absolute atomic E-state index is 0.405. The molecule has 35 heavy (non-hydrogen) atoms. The molecule has 0 aromatic heterocycles. The lowest BCUT2D eigenvalue weighted by Crippen LogP contribution is -2.61. The highest BCUT2D eigenvalue weighted by molar-refractivity contribution is 5.81. The standard InChI is InChI=1S/C30H58O5/c1-7-13-15-17-19-21-23-25-27-29(35-28(31)9-3,26-24-22-20-18-16-14-8-2)30(32-10-4,33-11-5)34-12-6/h9H,3,7-8,10-27H2,1-2,4-6H3. The van der Waals surface area contributed by atoms with E-state index < -0.39 is 17.5 Å². The van der Waals surface area contributed by atoms with Crippen molar-refractivity contribution < 1.29 is 23.7 Å². The zero-order chi connectivity index (χ0) is 26.3. The van der Waals surface area contributed by atoms with Crippen molar-refractivity contribution in [3.63, 3.8) is 0 Å². The van der Waals surface area contributed by atoms with E-state index in [0.717, 1.165) is 25.7 Å². The van der Waals surface area contributed by atoms with Gasteiger partial charge in [-0.25, -0.2) is 4.79 Å². The van der Waals surface area contributed by atoms with Crippen LogP contribution in [-0.2, 0) is 23.7 Å². The van der Waals surface area contributed by atoms with Crippen molar-refractivity contribution in [3.05, 3.63) is 12.7 Å². The molecule has 0 saturated heterocycles. The zero-order valence-electron chi connectivity index (χ0n) is 24.0. The molecule has 0 fully saturated rings. The topological polar surface area (TPSA) is 54.0 Å². The Kier molecular flexibility index (Phi) is 21.7. The summed E-state index contributed by atoms with van der Waals surface area (Å²) in [6.45, 7) is 15.1. The summed E-state index contributed by atoms with van der Waals surface area (Å²) >= 11 is 0. The Morgan fingerprint density at radius 3 is 1.26 bits per heavy atom. The van der Waals surface area contributed by atoms with Gasteiger partial charge in [0.05, 0.1) is 0 Å². The Labute approximate surface area is 217 Å². The summed E-state index contributed by atoms with van der Waals surface area (Å²) in [6, 6.07) is 0. The highest BCUT2D eigenvalue weighted by atomic mass is 16.9. The molecular weight excluding hydrogens is 440 g/mol. The van der Waals surface area contributed by atoms with E-state index in [-0.39, 0.29) is 0 Å². The first-order valence-corrected chi connectivity index (χ1v) is 14.8. The maximum absolute atomic E-state index is 12.6. The van der Waals surface area contributed by atoms with Gasteiger partial charge in [-0.15, -0.1) is 0 Å². The molecule has 0 N–H and O–H groups in total. The predicted molar refractivity (Wildman–Crippen MR) is 146 cm³/mol. The number of ether oxygens (including phenoxy) is 4. The zero-order valence-corrected chi connectivity index (χ0v) is 24.0. The summed E-state index contributed by atoms with van der Waals surface area (Å²) < 4.78 is 24.8. The Balaban J connectivity index is 5.59. The molecule has 0 aromatic rings. The minimum atomic E-state index is -1.41. The number of carbonyl (C=O) groups is 1. The van der Waals surface area contributed by atoms with Gasteiger partial charge in [-0.05, 0) is 46.5 Å². The monoisotopic (exact) mass is 498 g/mol. The molecule has 0 radical (unpaired) electrons. The lowest BCUT2D eigenvalue weighted by Gasteiger charge is -2.47. The average molecular weight is 499 g/mol. The highest BCUT2D eigenvalue weighted by Gasteiger charge is 2.57. The van der Waals surface area contributed by atoms with Crippen LogP contribution in [0, 0.1) is 0 Å². The maximum atomic E-state index is 12.6. The normalized spacial score (nSPS) is 13.5. The van der Waals surface area contributed by atoms with E-state index in [2.05, 4.69) is 20.4 Å². The largest absolute Gasteiger partial charge is 0.447 e. The molecule has 0 saturated carbocycles. The van der Waals surface area contributed by atoms with Gasteiger partial charge < -0.3 is 18.9 Å². The Hall–Kier alpha value is -0.910. The third-order valence-electron chi connectivity index (χ3n) is 6.64. The number of hydrogen-bond acceptors (Lipinski definition) is 5. The molecule has 0 aliphatic heterocycles. The molecule has 208 valence electrons. The van der Waals surface area contributed by atoms with Crippen molar-refractivity contribution in [3.8, 4) is 0 Å². The first-order chi connectivity index (χ1) is 17.0. The second kappa shape index (κ2) is 22.3. The summed E-state index contributed by atoms with van der Waals surface area (Å²) in [6.07, 6.45) is 20.5. The number of hydrogen-bond donors (Lipinski definition) is 0. The number of esters is 1. The molecule has 0 bridgehead atoms. The van der Waals surface area contributed by atoms with Crippen molar-refractivity contribution in [1.82, 2.24) is 0 Å². The molecule has 1 atom stereocenters. The van der Waals surface area contributed by atoms with E-state index >= 15 is 0 Å². The fraction of sp³-hybridized carbons (Fsp3) is 0.900. The van der Waals surface area contributed by atoms with Crippen LogP contribution < -0.4 is 0 Å². The third-order valence-corrected chi connectivity index (χ3v) is 6.64. The molecule has 5 nitrogen and oxygen atoms in total. The summed E-state index contributed by atoms with van der Waals surface area (Å²) in [5, 5.41) is 0. The second-order valence-electron chi connectivity index (χ2n) is 9.57. The molecule has 1 unspecified atom stereocenters. The van der Waals surface area contributed by atoms with Gasteiger partial charge in [0.25, 0.3) is 0 Å². The van der Waals surface area contributed by atoms with Gasteiger partial charge in [-0.3, -0.25) is 0 Å². The molecule has 0 spiro atoms. The van der Waals surface area contributed by atoms with Crippen molar-refractivity contribution in [2.75, 3.05) is 19.8 Å². The molecule has 0 aromatic carbocycles. The molecule has 0 rings (SSSR count). The summed E-state index contributed by atoms with van der Waals surface area (Å²) in [5.74, 6) is -1.86.